The van der Waals surface area contributed by atoms with Gasteiger partial charge in [0.25, 0.3) is 0 Å². The molecular formula is C34H40BNO7. The second-order valence-electron chi connectivity index (χ2n) is 11.9. The van der Waals surface area contributed by atoms with Crippen LogP contribution in [0.5, 0.6) is 5.75 Å². The van der Waals surface area contributed by atoms with Crippen molar-refractivity contribution in [3.8, 4) is 5.75 Å². The van der Waals surface area contributed by atoms with Crippen molar-refractivity contribution in [3.63, 3.8) is 0 Å². The molecule has 4 atom stereocenters. The number of carboxylic acids is 1. The van der Waals surface area contributed by atoms with Crippen LogP contribution in [0.25, 0.3) is 11.6 Å². The van der Waals surface area contributed by atoms with Gasteiger partial charge in [0.05, 0.1) is 17.9 Å². The van der Waals surface area contributed by atoms with Crippen molar-refractivity contribution in [2.24, 2.45) is 17.8 Å². The molecule has 0 spiro atoms. The smallest absolute Gasteiger partial charge is 0.455 e. The van der Waals surface area contributed by atoms with Crippen molar-refractivity contribution in [2.45, 2.75) is 70.7 Å². The monoisotopic (exact) mass is 585 g/mol. The topological polar surface area (TPSA) is 124 Å². The number of nitrogens with zero attached hydrogens (tertiary/aromatic N) is 1. The summed E-state index contributed by atoms with van der Waals surface area (Å²) in [5.74, 6) is -2.12. The van der Waals surface area contributed by atoms with Gasteiger partial charge < -0.3 is 19.9 Å². The number of carbonyl (C=O) groups is 3. The van der Waals surface area contributed by atoms with Crippen LogP contribution in [0.3, 0.4) is 0 Å². The van der Waals surface area contributed by atoms with Crippen molar-refractivity contribution in [1.82, 2.24) is 4.90 Å². The first-order chi connectivity index (χ1) is 20.8. The van der Waals surface area contributed by atoms with E-state index in [1.54, 1.807) is 12.1 Å². The van der Waals surface area contributed by atoms with Crippen LogP contribution in [-0.4, -0.2) is 57.7 Å². The maximum atomic E-state index is 13.7. The Morgan fingerprint density at radius 3 is 2.44 bits per heavy atom. The third-order valence-electron chi connectivity index (χ3n) is 9.15. The summed E-state index contributed by atoms with van der Waals surface area (Å²) in [6.07, 6.45) is 6.39. The molecule has 8 nitrogen and oxygen atoms in total. The number of unbranched alkanes of at least 4 members (excludes halogenated alkanes) is 2. The fraction of sp³-hybridized carbons (Fsp3) is 0.441. The second kappa shape index (κ2) is 13.7. The third-order valence-corrected chi connectivity index (χ3v) is 9.15. The van der Waals surface area contributed by atoms with Gasteiger partial charge in [-0.05, 0) is 85.2 Å². The molecule has 0 bridgehead atoms. The normalized spacial score (nSPS) is 23.9. The summed E-state index contributed by atoms with van der Waals surface area (Å²) < 4.78 is 6.17. The molecule has 2 aromatic carbocycles. The van der Waals surface area contributed by atoms with E-state index in [1.165, 1.54) is 4.90 Å². The lowest BCUT2D eigenvalue weighted by Gasteiger charge is -2.43. The van der Waals surface area contributed by atoms with Crippen LogP contribution in [0.2, 0.25) is 6.32 Å². The molecule has 2 saturated heterocycles. The molecule has 0 saturated carbocycles. The molecule has 2 heterocycles. The number of aromatic hydroxyl groups is 1. The average Bonchev–Trinajstić information content (AvgIpc) is 3.24. The van der Waals surface area contributed by atoms with Gasteiger partial charge in [-0.2, -0.15) is 0 Å². The third kappa shape index (κ3) is 6.94. The fourth-order valence-corrected chi connectivity index (χ4v) is 7.12. The number of hydrogen-bond donors (Lipinski definition) is 3. The summed E-state index contributed by atoms with van der Waals surface area (Å²) >= 11 is 0. The van der Waals surface area contributed by atoms with Gasteiger partial charge in [0.1, 0.15) is 5.75 Å². The number of benzene rings is 2. The Hall–Kier alpha value is -3.69. The minimum Gasteiger partial charge on any atom is -0.508 e. The van der Waals surface area contributed by atoms with Gasteiger partial charge in [-0.1, -0.05) is 67.5 Å². The summed E-state index contributed by atoms with van der Waals surface area (Å²) in [6.45, 7) is 2.38. The molecule has 9 heteroatoms. The number of hydrogen-bond acceptors (Lipinski definition) is 6. The molecule has 2 aromatic rings. The standard InChI is InChI=1S/C34H40BNO7/c1-2-23-20-27-32(34(41)36(33(27)40)18-8-4-7-11-30(38)39)28-21-35(42)43-29(31(23)28)17-14-25(24-9-5-3-6-10-24)19-22-12-15-26(37)16-13-22/h3,5-6,9-10,12-13,15-16,19,27-29,32,37,42H,2,4,7-8,11,14,17-18,20-21H2,1H3,(H,38,39)/b25-19-/t27-,28+,29-,32-/m1/s1. The van der Waals surface area contributed by atoms with Crippen molar-refractivity contribution < 1.29 is 34.3 Å². The quantitative estimate of drug-likeness (QED) is 0.0979. The van der Waals surface area contributed by atoms with Gasteiger partial charge in [-0.15, -0.1) is 0 Å². The minimum atomic E-state index is -1.02. The number of carboxylic acid groups (broad SMARTS) is 1. The van der Waals surface area contributed by atoms with Crippen LogP contribution in [0, 0.1) is 17.8 Å². The zero-order valence-corrected chi connectivity index (χ0v) is 24.7. The number of fused-ring (bicyclic) bond motifs is 3. The molecule has 226 valence electrons. The molecule has 0 radical (unpaired) electrons. The predicted octanol–water partition coefficient (Wildman–Crippen LogP) is 5.57. The minimum absolute atomic E-state index is 0.0811. The Morgan fingerprint density at radius 1 is 1.00 bits per heavy atom. The summed E-state index contributed by atoms with van der Waals surface area (Å²) in [7, 11) is -1.02. The van der Waals surface area contributed by atoms with E-state index in [2.05, 4.69) is 25.1 Å². The highest BCUT2D eigenvalue weighted by molar-refractivity contribution is 6.43. The molecule has 0 unspecified atom stereocenters. The van der Waals surface area contributed by atoms with E-state index in [-0.39, 0.29) is 42.3 Å². The molecule has 2 amide bonds. The van der Waals surface area contributed by atoms with Crippen LogP contribution in [0.1, 0.15) is 69.4 Å². The summed E-state index contributed by atoms with van der Waals surface area (Å²) in [5, 5.41) is 29.5. The number of amides is 2. The van der Waals surface area contributed by atoms with Gasteiger partial charge in [0.2, 0.25) is 11.8 Å². The SMILES string of the molecule is CCC1=C2[C@@H](CC/C(=C/c3ccc(O)cc3)c3ccccc3)OB(O)C[C@@H]2[C@@H]2C(=O)N(CCCCCC(=O)O)C(=O)[C@@H]2C1. The van der Waals surface area contributed by atoms with Crippen LogP contribution in [-0.2, 0) is 19.0 Å². The number of rotatable bonds is 12. The van der Waals surface area contributed by atoms with Gasteiger partial charge in [0.15, 0.2) is 0 Å². The maximum absolute atomic E-state index is 13.7. The van der Waals surface area contributed by atoms with Crippen molar-refractivity contribution in [3.05, 3.63) is 76.9 Å². The van der Waals surface area contributed by atoms with Crippen LogP contribution >= 0.6 is 0 Å². The second-order valence-corrected chi connectivity index (χ2v) is 11.9. The van der Waals surface area contributed by atoms with Gasteiger partial charge in [0, 0.05) is 13.0 Å². The number of imide groups is 1. The number of aliphatic carboxylic acids is 1. The van der Waals surface area contributed by atoms with Gasteiger partial charge in [-0.25, -0.2) is 0 Å². The number of likely N-dealkylation sites (tertiary alicyclic amines) is 1. The first kappa shape index (κ1) is 30.8. The lowest BCUT2D eigenvalue weighted by molar-refractivity contribution is -0.141. The molecule has 2 aliphatic heterocycles. The highest BCUT2D eigenvalue weighted by Gasteiger charge is 2.56. The lowest BCUT2D eigenvalue weighted by atomic mass is 9.58. The molecule has 3 aliphatic rings. The van der Waals surface area contributed by atoms with Crippen molar-refractivity contribution in [2.75, 3.05) is 6.54 Å². The van der Waals surface area contributed by atoms with E-state index in [1.807, 2.05) is 30.3 Å². The summed E-state index contributed by atoms with van der Waals surface area (Å²) in [6, 6.07) is 17.2. The molecule has 1 aliphatic carbocycles. The highest BCUT2D eigenvalue weighted by Crippen LogP contribution is 2.51. The van der Waals surface area contributed by atoms with E-state index in [0.717, 1.165) is 34.3 Å². The zero-order valence-electron chi connectivity index (χ0n) is 24.7. The van der Waals surface area contributed by atoms with Crippen LogP contribution < -0.4 is 0 Å². The Kier molecular flexibility index (Phi) is 9.83. The van der Waals surface area contributed by atoms with E-state index < -0.39 is 24.9 Å². The Morgan fingerprint density at radius 2 is 1.74 bits per heavy atom. The molecule has 3 N–H and O–H groups in total. The Bertz CT molecular complexity index is 1390. The molecule has 2 fully saturated rings. The largest absolute Gasteiger partial charge is 0.508 e. The summed E-state index contributed by atoms with van der Waals surface area (Å²) in [5.41, 5.74) is 5.37. The number of phenolic OH excluding ortho intramolecular Hbond substituents is 1. The number of allylic oxidation sites excluding steroid dienone is 2. The molecule has 43 heavy (non-hydrogen) atoms. The average molecular weight is 586 g/mol. The zero-order chi connectivity index (χ0) is 30.5. The number of carbonyl (C=O) groups excluding carboxylic acids is 2. The van der Waals surface area contributed by atoms with Crippen LogP contribution in [0.4, 0.5) is 0 Å². The number of phenols is 1. The van der Waals surface area contributed by atoms with Gasteiger partial charge in [-0.3, -0.25) is 19.3 Å². The van der Waals surface area contributed by atoms with Crippen molar-refractivity contribution in [1.29, 1.82) is 0 Å². The molecule has 5 rings (SSSR count). The van der Waals surface area contributed by atoms with E-state index in [4.69, 9.17) is 9.76 Å². The first-order valence-corrected chi connectivity index (χ1v) is 15.4. The highest BCUT2D eigenvalue weighted by atomic mass is 16.5. The van der Waals surface area contributed by atoms with Gasteiger partial charge >= 0.3 is 13.1 Å². The van der Waals surface area contributed by atoms with Crippen molar-refractivity contribution >= 4 is 36.6 Å². The molecule has 0 aromatic heterocycles. The predicted molar refractivity (Wildman–Crippen MR) is 165 cm³/mol. The summed E-state index contributed by atoms with van der Waals surface area (Å²) in [4.78, 5) is 39.4. The van der Waals surface area contributed by atoms with E-state index >= 15 is 0 Å². The Balaban J connectivity index is 1.36. The Labute approximate surface area is 253 Å². The first-order valence-electron chi connectivity index (χ1n) is 15.4. The fourth-order valence-electron chi connectivity index (χ4n) is 7.12. The lowest BCUT2D eigenvalue weighted by Crippen LogP contribution is -2.46. The van der Waals surface area contributed by atoms with E-state index in [9.17, 15) is 24.5 Å². The van der Waals surface area contributed by atoms with Crippen LogP contribution in [0.15, 0.2) is 65.7 Å². The maximum Gasteiger partial charge on any atom is 0.455 e. The molecular weight excluding hydrogens is 545 g/mol. The van der Waals surface area contributed by atoms with E-state index in [0.29, 0.717) is 45.1 Å².